The number of halogens is 1. The minimum Gasteiger partial charge on any atom is -0.373 e. The van der Waals surface area contributed by atoms with Crippen molar-refractivity contribution in [1.82, 2.24) is 9.97 Å². The molecule has 0 unspecified atom stereocenters. The van der Waals surface area contributed by atoms with E-state index in [9.17, 15) is 4.39 Å². The minimum atomic E-state index is -0.231. The predicted octanol–water partition coefficient (Wildman–Crippen LogP) is 4.41. The third-order valence-electron chi connectivity index (χ3n) is 3.04. The molecule has 0 radical (unpaired) electrons. The van der Waals surface area contributed by atoms with Crippen molar-refractivity contribution in [2.45, 2.75) is 43.0 Å². The van der Waals surface area contributed by atoms with Crippen LogP contribution < -0.4 is 5.32 Å². The molecule has 0 aliphatic carbocycles. The fourth-order valence-corrected chi connectivity index (χ4v) is 2.67. The number of nitrogens with one attached hydrogen (secondary N) is 1. The summed E-state index contributed by atoms with van der Waals surface area (Å²) in [5.74, 6) is 1.40. The summed E-state index contributed by atoms with van der Waals surface area (Å²) >= 11 is 1.52. The normalized spacial score (nSPS) is 11.5. The van der Waals surface area contributed by atoms with Gasteiger partial charge in [0.15, 0.2) is 0 Å². The van der Waals surface area contributed by atoms with Crippen LogP contribution in [0.1, 0.15) is 32.2 Å². The van der Waals surface area contributed by atoms with E-state index in [2.05, 4.69) is 36.1 Å². The summed E-state index contributed by atoms with van der Waals surface area (Å²) in [5.41, 5.74) is 0.872. The summed E-state index contributed by atoms with van der Waals surface area (Å²) in [5, 5.41) is 4.01. The highest BCUT2D eigenvalue weighted by Gasteiger charge is 2.21. The topological polar surface area (TPSA) is 37.8 Å². The standard InChI is InChI=1S/C16H20FN3S/c1-10-13(18-5)19-15(16(2,3)4)20-14(10)21-12-8-6-11(17)7-9-12/h6-9H,1-5H3,(H,18,19,20). The van der Waals surface area contributed by atoms with E-state index in [1.165, 1.54) is 23.9 Å². The molecule has 1 aromatic heterocycles. The van der Waals surface area contributed by atoms with Gasteiger partial charge in [-0.25, -0.2) is 14.4 Å². The molecule has 0 aliphatic rings. The fraction of sp³-hybridized carbons (Fsp3) is 0.375. The Kier molecular flexibility index (Phi) is 4.52. The monoisotopic (exact) mass is 305 g/mol. The van der Waals surface area contributed by atoms with E-state index in [-0.39, 0.29) is 11.2 Å². The average Bonchev–Trinajstić information content (AvgIpc) is 2.42. The summed E-state index contributed by atoms with van der Waals surface area (Å²) in [6, 6.07) is 6.44. The van der Waals surface area contributed by atoms with Crippen LogP contribution in [0.15, 0.2) is 34.2 Å². The van der Waals surface area contributed by atoms with Crippen molar-refractivity contribution < 1.29 is 4.39 Å². The predicted molar refractivity (Wildman–Crippen MR) is 85.5 cm³/mol. The SMILES string of the molecule is CNc1nc(C(C)(C)C)nc(Sc2ccc(F)cc2)c1C. The summed E-state index contributed by atoms with van der Waals surface area (Å²) in [6.07, 6.45) is 0. The molecule has 1 N–H and O–H groups in total. The molecular weight excluding hydrogens is 285 g/mol. The molecule has 1 aromatic carbocycles. The Balaban J connectivity index is 2.44. The zero-order chi connectivity index (χ0) is 15.6. The number of nitrogens with zero attached hydrogens (tertiary/aromatic N) is 2. The second-order valence-corrected chi connectivity index (χ2v) is 6.94. The molecule has 2 aromatic rings. The van der Waals surface area contributed by atoms with Gasteiger partial charge in [0.25, 0.3) is 0 Å². The Morgan fingerprint density at radius 2 is 1.71 bits per heavy atom. The maximum absolute atomic E-state index is 13.0. The second-order valence-electron chi connectivity index (χ2n) is 5.88. The van der Waals surface area contributed by atoms with Crippen molar-refractivity contribution >= 4 is 17.6 Å². The number of hydrogen-bond acceptors (Lipinski definition) is 4. The molecule has 0 saturated heterocycles. The van der Waals surface area contributed by atoms with Crippen molar-refractivity contribution in [2.75, 3.05) is 12.4 Å². The molecule has 0 amide bonds. The lowest BCUT2D eigenvalue weighted by atomic mass is 9.95. The van der Waals surface area contributed by atoms with E-state index in [1.54, 1.807) is 12.1 Å². The van der Waals surface area contributed by atoms with Crippen molar-refractivity contribution in [1.29, 1.82) is 0 Å². The molecule has 3 nitrogen and oxygen atoms in total. The van der Waals surface area contributed by atoms with Gasteiger partial charge < -0.3 is 5.32 Å². The first-order valence-corrected chi connectivity index (χ1v) is 7.63. The molecule has 2 rings (SSSR count). The first-order chi connectivity index (χ1) is 9.81. The molecule has 5 heteroatoms. The van der Waals surface area contributed by atoms with E-state index in [1.807, 2.05) is 14.0 Å². The summed E-state index contributed by atoms with van der Waals surface area (Å²) < 4.78 is 13.0. The van der Waals surface area contributed by atoms with Crippen LogP contribution in [0.4, 0.5) is 10.2 Å². The van der Waals surface area contributed by atoms with Gasteiger partial charge in [-0.05, 0) is 31.2 Å². The maximum atomic E-state index is 13.0. The molecule has 0 saturated carbocycles. The number of rotatable bonds is 3. The quantitative estimate of drug-likeness (QED) is 0.852. The molecule has 0 atom stereocenters. The van der Waals surface area contributed by atoms with E-state index in [4.69, 9.17) is 0 Å². The lowest BCUT2D eigenvalue weighted by molar-refractivity contribution is 0.538. The Hall–Kier alpha value is -1.62. The Labute approximate surface area is 129 Å². The van der Waals surface area contributed by atoms with Gasteiger partial charge in [-0.1, -0.05) is 32.5 Å². The Morgan fingerprint density at radius 3 is 2.24 bits per heavy atom. The van der Waals surface area contributed by atoms with Gasteiger partial charge in [0.1, 0.15) is 22.5 Å². The molecule has 1 heterocycles. The van der Waals surface area contributed by atoms with Gasteiger partial charge in [-0.2, -0.15) is 0 Å². The number of benzene rings is 1. The third kappa shape index (κ3) is 3.73. The lowest BCUT2D eigenvalue weighted by Crippen LogP contribution is -2.18. The zero-order valence-electron chi connectivity index (χ0n) is 13.0. The van der Waals surface area contributed by atoms with E-state index in [0.717, 1.165) is 27.1 Å². The van der Waals surface area contributed by atoms with Crippen LogP contribution in [0.25, 0.3) is 0 Å². The zero-order valence-corrected chi connectivity index (χ0v) is 13.8. The van der Waals surface area contributed by atoms with E-state index in [0.29, 0.717) is 0 Å². The van der Waals surface area contributed by atoms with Crippen molar-refractivity contribution in [3.8, 4) is 0 Å². The van der Waals surface area contributed by atoms with Crippen LogP contribution in [0.5, 0.6) is 0 Å². The van der Waals surface area contributed by atoms with E-state index >= 15 is 0 Å². The third-order valence-corrected chi connectivity index (χ3v) is 4.14. The molecule has 0 bridgehead atoms. The second kappa shape index (κ2) is 6.02. The fourth-order valence-electron chi connectivity index (χ4n) is 1.79. The number of hydrogen-bond donors (Lipinski definition) is 1. The summed E-state index contributed by atoms with van der Waals surface area (Å²) in [4.78, 5) is 10.2. The first-order valence-electron chi connectivity index (χ1n) is 6.81. The molecule has 112 valence electrons. The van der Waals surface area contributed by atoms with Gasteiger partial charge in [-0.15, -0.1) is 0 Å². The maximum Gasteiger partial charge on any atom is 0.137 e. The minimum absolute atomic E-state index is 0.128. The number of aromatic nitrogens is 2. The molecule has 0 aliphatic heterocycles. The molecular formula is C16H20FN3S. The van der Waals surface area contributed by atoms with Gasteiger partial charge in [0.2, 0.25) is 0 Å². The van der Waals surface area contributed by atoms with Gasteiger partial charge in [0, 0.05) is 22.9 Å². The summed E-state index contributed by atoms with van der Waals surface area (Å²) in [7, 11) is 1.86. The van der Waals surface area contributed by atoms with Crippen LogP contribution in [-0.4, -0.2) is 17.0 Å². The van der Waals surface area contributed by atoms with Crippen molar-refractivity contribution in [2.24, 2.45) is 0 Å². The Bertz CT molecular complexity index is 633. The van der Waals surface area contributed by atoms with Crippen LogP contribution in [-0.2, 0) is 5.41 Å². The molecule has 0 fully saturated rings. The van der Waals surface area contributed by atoms with E-state index < -0.39 is 0 Å². The van der Waals surface area contributed by atoms with Crippen LogP contribution in [0, 0.1) is 12.7 Å². The van der Waals surface area contributed by atoms with Gasteiger partial charge in [0.05, 0.1) is 0 Å². The smallest absolute Gasteiger partial charge is 0.137 e. The lowest BCUT2D eigenvalue weighted by Gasteiger charge is -2.20. The van der Waals surface area contributed by atoms with Crippen LogP contribution in [0.2, 0.25) is 0 Å². The average molecular weight is 305 g/mol. The highest BCUT2D eigenvalue weighted by molar-refractivity contribution is 7.99. The van der Waals surface area contributed by atoms with Gasteiger partial charge >= 0.3 is 0 Å². The van der Waals surface area contributed by atoms with Crippen molar-refractivity contribution in [3.05, 3.63) is 41.5 Å². The number of anilines is 1. The largest absolute Gasteiger partial charge is 0.373 e. The summed E-state index contributed by atoms with van der Waals surface area (Å²) in [6.45, 7) is 8.25. The molecule has 0 spiro atoms. The highest BCUT2D eigenvalue weighted by atomic mass is 32.2. The first kappa shape index (κ1) is 15.8. The Morgan fingerprint density at radius 1 is 1.10 bits per heavy atom. The van der Waals surface area contributed by atoms with Crippen LogP contribution >= 0.6 is 11.8 Å². The van der Waals surface area contributed by atoms with Crippen LogP contribution in [0.3, 0.4) is 0 Å². The van der Waals surface area contributed by atoms with Gasteiger partial charge in [-0.3, -0.25) is 0 Å². The highest BCUT2D eigenvalue weighted by Crippen LogP contribution is 2.33. The molecule has 21 heavy (non-hydrogen) atoms. The van der Waals surface area contributed by atoms with Crippen molar-refractivity contribution in [3.63, 3.8) is 0 Å².